The van der Waals surface area contributed by atoms with E-state index in [9.17, 15) is 9.90 Å². The van der Waals surface area contributed by atoms with Crippen LogP contribution in [0.5, 0.6) is 5.88 Å². The van der Waals surface area contributed by atoms with E-state index in [-0.39, 0.29) is 11.4 Å². The Morgan fingerprint density at radius 1 is 1.08 bits per heavy atom. The summed E-state index contributed by atoms with van der Waals surface area (Å²) in [6, 6.07) is 13.7. The van der Waals surface area contributed by atoms with Gasteiger partial charge in [0.15, 0.2) is 9.78 Å². The SMILES string of the molecule is O=C(O)c1ccc(-n2c(O)c(C=C3N=c4ccccc4=N3)sc2=S)cc1. The molecule has 0 spiro atoms. The Labute approximate surface area is 156 Å². The molecule has 0 unspecified atom stereocenters. The molecule has 0 amide bonds. The molecule has 2 heterocycles. The third-order valence-corrected chi connectivity index (χ3v) is 5.11. The van der Waals surface area contributed by atoms with Crippen LogP contribution in [0.1, 0.15) is 15.2 Å². The minimum atomic E-state index is -1.01. The van der Waals surface area contributed by atoms with Crippen LogP contribution in [0.25, 0.3) is 11.8 Å². The van der Waals surface area contributed by atoms with Gasteiger partial charge in [0.1, 0.15) is 0 Å². The molecular weight excluding hydrogens is 370 g/mol. The molecule has 8 heteroatoms. The van der Waals surface area contributed by atoms with E-state index in [0.29, 0.717) is 20.3 Å². The summed E-state index contributed by atoms with van der Waals surface area (Å²) >= 11 is 6.58. The fourth-order valence-electron chi connectivity index (χ4n) is 2.56. The van der Waals surface area contributed by atoms with E-state index in [2.05, 4.69) is 9.98 Å². The number of carbonyl (C=O) groups is 1. The lowest BCUT2D eigenvalue weighted by Crippen LogP contribution is -2.19. The van der Waals surface area contributed by atoms with Gasteiger partial charge in [-0.05, 0) is 48.6 Å². The summed E-state index contributed by atoms with van der Waals surface area (Å²) < 4.78 is 1.92. The predicted molar refractivity (Wildman–Crippen MR) is 99.8 cm³/mol. The Balaban J connectivity index is 1.76. The molecule has 0 radical (unpaired) electrons. The topological polar surface area (TPSA) is 87.2 Å². The van der Waals surface area contributed by atoms with E-state index in [1.807, 2.05) is 24.3 Å². The maximum absolute atomic E-state index is 11.0. The highest BCUT2D eigenvalue weighted by atomic mass is 32.1. The van der Waals surface area contributed by atoms with Crippen molar-refractivity contribution in [2.45, 2.75) is 0 Å². The third-order valence-electron chi connectivity index (χ3n) is 3.80. The first-order valence-electron chi connectivity index (χ1n) is 7.56. The van der Waals surface area contributed by atoms with Gasteiger partial charge in [0.25, 0.3) is 0 Å². The molecule has 0 fully saturated rings. The van der Waals surface area contributed by atoms with Crippen LogP contribution >= 0.6 is 23.6 Å². The fraction of sp³-hybridized carbons (Fsp3) is 0. The molecule has 0 bridgehead atoms. The van der Waals surface area contributed by atoms with E-state index in [4.69, 9.17) is 17.3 Å². The summed E-state index contributed by atoms with van der Waals surface area (Å²) in [5.41, 5.74) is 0.751. The predicted octanol–water partition coefficient (Wildman–Crippen LogP) is 2.92. The van der Waals surface area contributed by atoms with Crippen molar-refractivity contribution in [2.75, 3.05) is 0 Å². The maximum Gasteiger partial charge on any atom is 0.335 e. The molecule has 0 saturated carbocycles. The lowest BCUT2D eigenvalue weighted by molar-refractivity contribution is 0.0697. The number of hydrogen-bond acceptors (Lipinski definition) is 6. The molecule has 1 aliphatic rings. The van der Waals surface area contributed by atoms with Crippen molar-refractivity contribution < 1.29 is 15.0 Å². The first-order valence-corrected chi connectivity index (χ1v) is 8.78. The number of carboxylic acid groups (broad SMARTS) is 1. The Hall–Kier alpha value is -3.10. The number of fused-ring (bicyclic) bond motifs is 1. The second kappa shape index (κ2) is 6.32. The van der Waals surface area contributed by atoms with Gasteiger partial charge < -0.3 is 10.2 Å². The van der Waals surface area contributed by atoms with Gasteiger partial charge in [-0.25, -0.2) is 14.8 Å². The van der Waals surface area contributed by atoms with Crippen LogP contribution in [0.15, 0.2) is 64.3 Å². The summed E-state index contributed by atoms with van der Waals surface area (Å²) in [6.07, 6.45) is 1.68. The Bertz CT molecular complexity index is 1200. The minimum Gasteiger partial charge on any atom is -0.493 e. The monoisotopic (exact) mass is 381 g/mol. The Morgan fingerprint density at radius 3 is 2.27 bits per heavy atom. The average molecular weight is 381 g/mol. The molecule has 2 aromatic carbocycles. The van der Waals surface area contributed by atoms with Crippen LogP contribution in [-0.2, 0) is 0 Å². The summed E-state index contributed by atoms with van der Waals surface area (Å²) in [7, 11) is 0. The van der Waals surface area contributed by atoms with E-state index < -0.39 is 5.97 Å². The number of carboxylic acids is 1. The van der Waals surface area contributed by atoms with Crippen LogP contribution in [0.2, 0.25) is 0 Å². The van der Waals surface area contributed by atoms with Gasteiger partial charge in [-0.3, -0.25) is 4.57 Å². The van der Waals surface area contributed by atoms with E-state index >= 15 is 0 Å². The largest absolute Gasteiger partial charge is 0.493 e. The van der Waals surface area contributed by atoms with Crippen LogP contribution < -0.4 is 10.7 Å². The second-order valence-electron chi connectivity index (χ2n) is 5.46. The zero-order chi connectivity index (χ0) is 18.3. The minimum absolute atomic E-state index is 0.0306. The maximum atomic E-state index is 11.0. The number of hydrogen-bond donors (Lipinski definition) is 2. The Kier molecular flexibility index (Phi) is 3.98. The third kappa shape index (κ3) is 2.85. The van der Waals surface area contributed by atoms with Gasteiger partial charge in [0, 0.05) is 6.08 Å². The molecule has 0 atom stereocenters. The molecule has 2 N–H and O–H groups in total. The average Bonchev–Trinajstić information content (AvgIpc) is 3.15. The van der Waals surface area contributed by atoms with Gasteiger partial charge in [-0.15, -0.1) is 11.3 Å². The number of benzene rings is 2. The van der Waals surface area contributed by atoms with Crippen molar-refractivity contribution in [3.63, 3.8) is 0 Å². The Morgan fingerprint density at radius 2 is 1.69 bits per heavy atom. The molecule has 0 aliphatic carbocycles. The van der Waals surface area contributed by atoms with Crippen molar-refractivity contribution in [3.8, 4) is 11.6 Å². The van der Waals surface area contributed by atoms with Gasteiger partial charge in [0.2, 0.25) is 5.88 Å². The number of aromatic carboxylic acids is 1. The highest BCUT2D eigenvalue weighted by Gasteiger charge is 2.14. The van der Waals surface area contributed by atoms with Crippen LogP contribution in [0.4, 0.5) is 0 Å². The molecular formula is C18H11N3O3S2. The van der Waals surface area contributed by atoms with Crippen molar-refractivity contribution in [1.29, 1.82) is 0 Å². The van der Waals surface area contributed by atoms with Crippen LogP contribution in [-0.4, -0.2) is 20.7 Å². The standard InChI is InChI=1S/C18H11N3O3S2/c22-16-14(9-15-19-12-3-1-2-4-13(12)20-15)26-18(25)21(16)11-7-5-10(6-8-11)17(23)24/h1-9,22H,(H,23,24). The molecule has 26 heavy (non-hydrogen) atoms. The summed E-state index contributed by atoms with van der Waals surface area (Å²) in [5, 5.41) is 21.1. The fourth-order valence-corrected chi connectivity index (χ4v) is 3.84. The highest BCUT2D eigenvalue weighted by Crippen LogP contribution is 2.32. The number of para-hydroxylation sites is 2. The number of aromatic nitrogens is 1. The number of nitrogens with zero attached hydrogens (tertiary/aromatic N) is 3. The van der Waals surface area contributed by atoms with E-state index in [1.165, 1.54) is 28.0 Å². The first kappa shape index (κ1) is 16.4. The quantitative estimate of drug-likeness (QED) is 0.683. The smallest absolute Gasteiger partial charge is 0.335 e. The number of rotatable bonds is 3. The molecule has 6 nitrogen and oxygen atoms in total. The van der Waals surface area contributed by atoms with E-state index in [1.54, 1.807) is 18.2 Å². The summed E-state index contributed by atoms with van der Waals surface area (Å²) in [5.74, 6) is -0.549. The zero-order valence-corrected chi connectivity index (χ0v) is 14.8. The van der Waals surface area contributed by atoms with Gasteiger partial charge in [0.05, 0.1) is 26.8 Å². The van der Waals surface area contributed by atoms with Gasteiger partial charge >= 0.3 is 5.97 Å². The van der Waals surface area contributed by atoms with Crippen LogP contribution in [0.3, 0.4) is 0 Å². The number of thiazole rings is 1. The van der Waals surface area contributed by atoms with Crippen LogP contribution in [0, 0.1) is 3.95 Å². The molecule has 128 valence electrons. The summed E-state index contributed by atoms with van der Waals surface area (Å²) in [6.45, 7) is 0. The van der Waals surface area contributed by atoms with Gasteiger partial charge in [-0.2, -0.15) is 0 Å². The van der Waals surface area contributed by atoms with Crippen molar-refractivity contribution in [2.24, 2.45) is 9.98 Å². The molecule has 3 aromatic rings. The van der Waals surface area contributed by atoms with E-state index in [0.717, 1.165) is 10.7 Å². The van der Waals surface area contributed by atoms with Gasteiger partial charge in [-0.1, -0.05) is 12.1 Å². The normalized spacial score (nSPS) is 12.2. The highest BCUT2D eigenvalue weighted by molar-refractivity contribution is 7.73. The van der Waals surface area contributed by atoms with Crippen molar-refractivity contribution in [1.82, 2.24) is 4.57 Å². The number of aromatic hydroxyl groups is 1. The first-order chi connectivity index (χ1) is 12.5. The van der Waals surface area contributed by atoms with Crippen molar-refractivity contribution in [3.05, 3.63) is 79.5 Å². The lowest BCUT2D eigenvalue weighted by atomic mass is 10.2. The molecule has 4 rings (SSSR count). The molecule has 1 aliphatic heterocycles. The second-order valence-corrected chi connectivity index (χ2v) is 7.13. The molecule has 0 saturated heterocycles. The zero-order valence-electron chi connectivity index (χ0n) is 13.2. The lowest BCUT2D eigenvalue weighted by Gasteiger charge is -2.05. The summed E-state index contributed by atoms with van der Waals surface area (Å²) in [4.78, 5) is 20.3. The van der Waals surface area contributed by atoms with Crippen molar-refractivity contribution >= 4 is 35.6 Å². The molecule has 1 aromatic heterocycles.